The van der Waals surface area contributed by atoms with Crippen molar-refractivity contribution in [2.75, 3.05) is 5.32 Å². The molecule has 2 N–H and O–H groups in total. The van der Waals surface area contributed by atoms with Gasteiger partial charge in [-0.1, -0.05) is 6.92 Å². The molecule has 2 aromatic heterocycles. The molecule has 2 atom stereocenters. The first-order valence-electron chi connectivity index (χ1n) is 9.01. The number of ether oxygens (including phenoxy) is 1. The predicted octanol–water partition coefficient (Wildman–Crippen LogP) is 3.79. The summed E-state index contributed by atoms with van der Waals surface area (Å²) in [5.74, 6) is 0.0926. The summed E-state index contributed by atoms with van der Waals surface area (Å²) in [6.45, 7) is 3.79. The number of hydrogen-bond acceptors (Lipinski definition) is 5. The largest absolute Gasteiger partial charge is 0.438 e. The predicted molar refractivity (Wildman–Crippen MR) is 101 cm³/mol. The molecule has 1 amide bonds. The second kappa shape index (κ2) is 6.93. The van der Waals surface area contributed by atoms with Crippen LogP contribution in [0.15, 0.2) is 24.5 Å². The third kappa shape index (κ3) is 3.16. The zero-order valence-corrected chi connectivity index (χ0v) is 15.4. The molecule has 1 aromatic carbocycles. The van der Waals surface area contributed by atoms with Crippen LogP contribution in [0.2, 0.25) is 0 Å². The Morgan fingerprint density at radius 2 is 2.29 bits per heavy atom. The molecule has 1 aliphatic rings. The van der Waals surface area contributed by atoms with Crippen LogP contribution < -0.4 is 10.1 Å². The molecule has 4 rings (SSSR count). The van der Waals surface area contributed by atoms with Gasteiger partial charge in [-0.25, -0.2) is 9.37 Å². The number of halogens is 1. The van der Waals surface area contributed by atoms with E-state index in [4.69, 9.17) is 10.00 Å². The van der Waals surface area contributed by atoms with Gasteiger partial charge >= 0.3 is 0 Å². The number of amides is 1. The molecule has 8 heteroatoms. The molecule has 1 saturated carbocycles. The number of hydrogen-bond donors (Lipinski definition) is 2. The number of nitrogens with one attached hydrogen (secondary N) is 2. The van der Waals surface area contributed by atoms with Gasteiger partial charge in [0.15, 0.2) is 5.82 Å². The van der Waals surface area contributed by atoms with Crippen molar-refractivity contribution >= 4 is 22.8 Å². The summed E-state index contributed by atoms with van der Waals surface area (Å²) in [4.78, 5) is 23.9. The Hall–Kier alpha value is -3.47. The van der Waals surface area contributed by atoms with Crippen LogP contribution in [0.3, 0.4) is 0 Å². The number of imidazole rings is 1. The number of aromatic nitrogens is 3. The lowest BCUT2D eigenvalue weighted by Crippen LogP contribution is -2.16. The van der Waals surface area contributed by atoms with E-state index in [1.54, 1.807) is 18.2 Å². The Labute approximate surface area is 160 Å². The molecule has 3 aromatic rings. The molecule has 2 heterocycles. The number of H-pyrrole nitrogens is 1. The first kappa shape index (κ1) is 17.9. The molecule has 2 unspecified atom stereocenters. The smallest absolute Gasteiger partial charge is 0.231 e. The van der Waals surface area contributed by atoms with E-state index >= 15 is 0 Å². The van der Waals surface area contributed by atoms with E-state index in [1.165, 1.54) is 6.33 Å². The van der Waals surface area contributed by atoms with Crippen molar-refractivity contribution in [2.45, 2.75) is 32.9 Å². The Morgan fingerprint density at radius 3 is 2.96 bits per heavy atom. The van der Waals surface area contributed by atoms with E-state index < -0.39 is 18.0 Å². The Balaban J connectivity index is 1.72. The van der Waals surface area contributed by atoms with E-state index in [0.29, 0.717) is 40.2 Å². The van der Waals surface area contributed by atoms with E-state index in [9.17, 15) is 9.18 Å². The van der Waals surface area contributed by atoms with Gasteiger partial charge in [-0.05, 0) is 43.5 Å². The van der Waals surface area contributed by atoms with Crippen LogP contribution in [-0.2, 0) is 11.2 Å². The summed E-state index contributed by atoms with van der Waals surface area (Å²) in [5.41, 5.74) is 3.29. The summed E-state index contributed by atoms with van der Waals surface area (Å²) in [6, 6.07) is 7.29. The van der Waals surface area contributed by atoms with Crippen molar-refractivity contribution < 1.29 is 13.9 Å². The minimum atomic E-state index is -1.09. The van der Waals surface area contributed by atoms with Crippen molar-refractivity contribution in [3.63, 3.8) is 0 Å². The first-order chi connectivity index (χ1) is 13.5. The van der Waals surface area contributed by atoms with Crippen LogP contribution in [-0.4, -0.2) is 27.0 Å². The molecule has 142 valence electrons. The summed E-state index contributed by atoms with van der Waals surface area (Å²) in [5, 5.41) is 11.8. The number of fused-ring (bicyclic) bond motifs is 1. The molecule has 0 radical (unpaired) electrons. The SMILES string of the molecule is CCc1cc(C#N)ccc1Oc1nc(NC(=O)C2CC2F)c2[nH]cnc2c1C. The van der Waals surface area contributed by atoms with Crippen molar-refractivity contribution in [3.8, 4) is 17.7 Å². The molecule has 0 bridgehead atoms. The lowest BCUT2D eigenvalue weighted by atomic mass is 10.1. The lowest BCUT2D eigenvalue weighted by molar-refractivity contribution is -0.117. The highest BCUT2D eigenvalue weighted by molar-refractivity contribution is 6.01. The summed E-state index contributed by atoms with van der Waals surface area (Å²) in [6.07, 6.45) is 1.33. The van der Waals surface area contributed by atoms with Crippen LogP contribution in [0.25, 0.3) is 11.0 Å². The molecule has 0 saturated heterocycles. The maximum Gasteiger partial charge on any atom is 0.231 e. The average Bonchev–Trinajstić information content (AvgIpc) is 3.23. The summed E-state index contributed by atoms with van der Waals surface area (Å²) < 4.78 is 19.2. The lowest BCUT2D eigenvalue weighted by Gasteiger charge is -2.14. The van der Waals surface area contributed by atoms with Crippen LogP contribution in [0.5, 0.6) is 11.6 Å². The van der Waals surface area contributed by atoms with Gasteiger partial charge in [0.25, 0.3) is 0 Å². The Bertz CT molecular complexity index is 1120. The highest BCUT2D eigenvalue weighted by Gasteiger charge is 2.44. The average molecular weight is 379 g/mol. The second-order valence-corrected chi connectivity index (χ2v) is 6.75. The van der Waals surface area contributed by atoms with Gasteiger partial charge in [-0.3, -0.25) is 4.79 Å². The standard InChI is InChI=1S/C20H18FN5O2/c1-3-12-6-11(8-22)4-5-15(12)28-20-10(2)16-17(24-9-23-16)18(26-20)25-19(27)13-7-14(13)21/h4-6,9,13-14H,3,7H2,1-2H3,(H,23,24)(H,25,26,27). The van der Waals surface area contributed by atoms with Gasteiger partial charge in [0.1, 0.15) is 23.0 Å². The third-order valence-electron chi connectivity index (χ3n) is 4.83. The number of anilines is 1. The van der Waals surface area contributed by atoms with Crippen molar-refractivity contribution in [1.29, 1.82) is 5.26 Å². The fourth-order valence-electron chi connectivity index (χ4n) is 3.07. The van der Waals surface area contributed by atoms with Gasteiger partial charge < -0.3 is 15.0 Å². The monoisotopic (exact) mass is 379 g/mol. The molecular formula is C20H18FN5O2. The fourth-order valence-corrected chi connectivity index (χ4v) is 3.07. The summed E-state index contributed by atoms with van der Waals surface area (Å²) >= 11 is 0. The molecule has 0 aliphatic heterocycles. The topological polar surface area (TPSA) is 104 Å². The highest BCUT2D eigenvalue weighted by atomic mass is 19.1. The van der Waals surface area contributed by atoms with Crippen LogP contribution in [0.4, 0.5) is 10.2 Å². The minimum absolute atomic E-state index is 0.234. The highest BCUT2D eigenvalue weighted by Crippen LogP contribution is 2.37. The van der Waals surface area contributed by atoms with Crippen molar-refractivity contribution in [1.82, 2.24) is 15.0 Å². The van der Waals surface area contributed by atoms with Crippen LogP contribution in [0, 0.1) is 24.2 Å². The molecule has 1 fully saturated rings. The van der Waals surface area contributed by atoms with Gasteiger partial charge in [-0.15, -0.1) is 0 Å². The maximum atomic E-state index is 13.2. The second-order valence-electron chi connectivity index (χ2n) is 6.75. The molecular weight excluding hydrogens is 361 g/mol. The maximum absolute atomic E-state index is 13.2. The Kier molecular flexibility index (Phi) is 4.43. The van der Waals surface area contributed by atoms with E-state index in [-0.39, 0.29) is 12.2 Å². The number of nitrogens with zero attached hydrogens (tertiary/aromatic N) is 3. The number of nitriles is 1. The number of aryl methyl sites for hydroxylation is 2. The molecule has 7 nitrogen and oxygen atoms in total. The van der Waals surface area contributed by atoms with Crippen LogP contribution >= 0.6 is 0 Å². The third-order valence-corrected chi connectivity index (χ3v) is 4.83. The molecule has 0 spiro atoms. The van der Waals surface area contributed by atoms with Crippen molar-refractivity contribution in [3.05, 3.63) is 41.2 Å². The van der Waals surface area contributed by atoms with Crippen LogP contribution in [0.1, 0.15) is 30.0 Å². The van der Waals surface area contributed by atoms with Gasteiger partial charge in [0.2, 0.25) is 11.8 Å². The van der Waals surface area contributed by atoms with Gasteiger partial charge in [-0.2, -0.15) is 10.2 Å². The number of aromatic amines is 1. The zero-order chi connectivity index (χ0) is 19.8. The van der Waals surface area contributed by atoms with E-state index in [1.807, 2.05) is 13.8 Å². The summed E-state index contributed by atoms with van der Waals surface area (Å²) in [7, 11) is 0. The molecule has 28 heavy (non-hydrogen) atoms. The fraction of sp³-hybridized carbons (Fsp3) is 0.300. The number of benzene rings is 1. The number of carbonyl (C=O) groups excluding carboxylic acids is 1. The van der Waals surface area contributed by atoms with E-state index in [0.717, 1.165) is 5.56 Å². The first-order valence-corrected chi connectivity index (χ1v) is 9.01. The van der Waals surface area contributed by atoms with Gasteiger partial charge in [0.05, 0.1) is 23.9 Å². The number of rotatable bonds is 5. The number of alkyl halides is 1. The minimum Gasteiger partial charge on any atom is -0.438 e. The normalized spacial score (nSPS) is 17.9. The molecule has 1 aliphatic carbocycles. The number of pyridine rings is 1. The van der Waals surface area contributed by atoms with Gasteiger partial charge in [0, 0.05) is 5.56 Å². The zero-order valence-electron chi connectivity index (χ0n) is 15.4. The Morgan fingerprint density at radius 1 is 1.50 bits per heavy atom. The number of carbonyl (C=O) groups is 1. The quantitative estimate of drug-likeness (QED) is 0.702. The van der Waals surface area contributed by atoms with Crippen molar-refractivity contribution in [2.24, 2.45) is 5.92 Å². The van der Waals surface area contributed by atoms with E-state index in [2.05, 4.69) is 26.3 Å².